The van der Waals surface area contributed by atoms with Crippen LogP contribution in [0, 0.1) is 0 Å². The fraction of sp³-hybridized carbons (Fsp3) is 0.118. The van der Waals surface area contributed by atoms with Crippen LogP contribution in [0.4, 0.5) is 0 Å². The van der Waals surface area contributed by atoms with E-state index in [0.717, 1.165) is 9.87 Å². The molecule has 0 bridgehead atoms. The summed E-state index contributed by atoms with van der Waals surface area (Å²) in [7, 11) is -2.45. The molecule has 1 aromatic heterocycles. The number of benzene rings is 2. The van der Waals surface area contributed by atoms with Gasteiger partial charge >= 0.3 is 0 Å². The highest BCUT2D eigenvalue weighted by atomic mass is 32.2. The third kappa shape index (κ3) is 2.53. The molecule has 9 heteroatoms. The second kappa shape index (κ2) is 5.95. The Balaban J connectivity index is 1.78. The summed E-state index contributed by atoms with van der Waals surface area (Å²) >= 11 is 0. The first-order valence-electron chi connectivity index (χ1n) is 7.82. The molecule has 0 spiro atoms. The van der Waals surface area contributed by atoms with Crippen molar-refractivity contribution in [3.8, 4) is 0 Å². The minimum atomic E-state index is -3.80. The Hall–Kier alpha value is -3.20. The molecule has 0 radical (unpaired) electrons. The van der Waals surface area contributed by atoms with Gasteiger partial charge in [0.05, 0.1) is 11.4 Å². The molecule has 0 atom stereocenters. The topological polar surface area (TPSA) is 101 Å². The quantitative estimate of drug-likeness (QED) is 0.755. The van der Waals surface area contributed by atoms with E-state index in [-0.39, 0.29) is 27.7 Å². The van der Waals surface area contributed by atoms with Gasteiger partial charge in [-0.3, -0.25) is 4.31 Å². The largest absolute Gasteiger partial charge is 0.505 e. The molecule has 1 aliphatic heterocycles. The number of fused-ring (bicyclic) bond motifs is 1. The van der Waals surface area contributed by atoms with Crippen molar-refractivity contribution in [3.05, 3.63) is 71.5 Å². The van der Waals surface area contributed by atoms with Crippen molar-refractivity contribution in [3.63, 3.8) is 0 Å². The number of tetrazole rings is 1. The normalized spacial score (nSPS) is 15.8. The van der Waals surface area contributed by atoms with Gasteiger partial charge in [-0.05, 0) is 22.9 Å². The van der Waals surface area contributed by atoms with E-state index in [1.807, 2.05) is 30.3 Å². The predicted octanol–water partition coefficient (Wildman–Crippen LogP) is 1.74. The van der Waals surface area contributed by atoms with Gasteiger partial charge in [-0.25, -0.2) is 8.42 Å². The maximum absolute atomic E-state index is 12.7. The van der Waals surface area contributed by atoms with Crippen LogP contribution in [0.2, 0.25) is 0 Å². The Morgan fingerprint density at radius 1 is 1.04 bits per heavy atom. The van der Waals surface area contributed by atoms with Crippen LogP contribution in [0.3, 0.4) is 0 Å². The molecule has 8 nitrogen and oxygen atoms in total. The lowest BCUT2D eigenvalue weighted by molar-refractivity contribution is 0.486. The van der Waals surface area contributed by atoms with Gasteiger partial charge in [0.25, 0.3) is 10.0 Å². The van der Waals surface area contributed by atoms with E-state index in [0.29, 0.717) is 6.54 Å². The molecule has 26 heavy (non-hydrogen) atoms. The zero-order valence-electron chi connectivity index (χ0n) is 13.8. The van der Waals surface area contributed by atoms with Crippen LogP contribution in [0.15, 0.2) is 59.5 Å². The molecular weight excluding hydrogens is 354 g/mol. The van der Waals surface area contributed by atoms with Crippen molar-refractivity contribution in [2.45, 2.75) is 11.4 Å². The molecule has 2 aromatic carbocycles. The number of aliphatic hydroxyl groups excluding tert-OH is 1. The Labute approximate surface area is 150 Å². The van der Waals surface area contributed by atoms with Crippen molar-refractivity contribution in [1.29, 1.82) is 0 Å². The lowest BCUT2D eigenvalue weighted by atomic mass is 10.1. The fourth-order valence-electron chi connectivity index (χ4n) is 2.83. The fourth-order valence-corrected chi connectivity index (χ4v) is 4.23. The van der Waals surface area contributed by atoms with Crippen LogP contribution in [0.25, 0.3) is 11.5 Å². The summed E-state index contributed by atoms with van der Waals surface area (Å²) in [5.41, 5.74) is 1.20. The first kappa shape index (κ1) is 16.3. The SMILES string of the molecule is CN1C(c2nnn(Cc3ccccc3)n2)=C(O)c2ccccc2S1(=O)=O. The van der Waals surface area contributed by atoms with Gasteiger partial charge in [0.1, 0.15) is 5.70 Å². The number of hydrogen-bond acceptors (Lipinski definition) is 6. The molecule has 3 aromatic rings. The molecule has 4 rings (SSSR count). The third-order valence-electron chi connectivity index (χ3n) is 4.15. The summed E-state index contributed by atoms with van der Waals surface area (Å²) in [6.45, 7) is 0.384. The summed E-state index contributed by atoms with van der Waals surface area (Å²) in [4.78, 5) is 1.40. The van der Waals surface area contributed by atoms with Gasteiger partial charge in [-0.2, -0.15) is 4.80 Å². The van der Waals surface area contributed by atoms with Gasteiger partial charge in [0, 0.05) is 12.6 Å². The van der Waals surface area contributed by atoms with E-state index < -0.39 is 10.0 Å². The van der Waals surface area contributed by atoms with Crippen molar-refractivity contribution in [2.24, 2.45) is 0 Å². The first-order chi connectivity index (χ1) is 12.5. The average molecular weight is 369 g/mol. The minimum Gasteiger partial charge on any atom is -0.505 e. The molecule has 0 saturated carbocycles. The zero-order valence-corrected chi connectivity index (χ0v) is 14.6. The molecule has 1 N–H and O–H groups in total. The standard InChI is InChI=1S/C17H15N5O3S/c1-21-15(16(23)13-9-5-6-10-14(13)26(21,24)25)17-18-20-22(19-17)11-12-7-3-2-4-8-12/h2-10,23H,11H2,1H3. The van der Waals surface area contributed by atoms with Gasteiger partial charge in [-0.1, -0.05) is 42.5 Å². The summed E-state index contributed by atoms with van der Waals surface area (Å²) in [5.74, 6) is -0.156. The van der Waals surface area contributed by atoms with Crippen LogP contribution in [0.1, 0.15) is 17.0 Å². The van der Waals surface area contributed by atoms with Crippen LogP contribution >= 0.6 is 0 Å². The van der Waals surface area contributed by atoms with Crippen LogP contribution in [-0.2, 0) is 16.6 Å². The molecular formula is C17H15N5O3S. The van der Waals surface area contributed by atoms with Crippen LogP contribution in [0.5, 0.6) is 0 Å². The number of hydrogen-bond donors (Lipinski definition) is 1. The first-order valence-corrected chi connectivity index (χ1v) is 9.26. The van der Waals surface area contributed by atoms with Gasteiger partial charge in [0.2, 0.25) is 5.82 Å². The maximum atomic E-state index is 12.7. The second-order valence-corrected chi connectivity index (χ2v) is 7.73. The number of nitrogens with zero attached hydrogens (tertiary/aromatic N) is 5. The molecule has 0 aliphatic carbocycles. The van der Waals surface area contributed by atoms with E-state index in [1.54, 1.807) is 18.2 Å². The molecule has 1 aliphatic rings. The van der Waals surface area contributed by atoms with E-state index in [9.17, 15) is 13.5 Å². The Kier molecular flexibility index (Phi) is 3.73. The summed E-state index contributed by atoms with van der Waals surface area (Å²) < 4.78 is 26.4. The summed E-state index contributed by atoms with van der Waals surface area (Å²) in [6, 6.07) is 15.8. The highest BCUT2D eigenvalue weighted by Gasteiger charge is 2.37. The predicted molar refractivity (Wildman–Crippen MR) is 94.2 cm³/mol. The molecule has 0 unspecified atom stereocenters. The highest BCUT2D eigenvalue weighted by molar-refractivity contribution is 7.89. The zero-order chi connectivity index (χ0) is 18.3. The Morgan fingerprint density at radius 3 is 2.50 bits per heavy atom. The maximum Gasteiger partial charge on any atom is 0.265 e. The number of sulfonamides is 1. The lowest BCUT2D eigenvalue weighted by Gasteiger charge is -2.27. The summed E-state index contributed by atoms with van der Waals surface area (Å²) in [5, 5.41) is 22.8. The lowest BCUT2D eigenvalue weighted by Crippen LogP contribution is -2.31. The number of aromatic nitrogens is 4. The van der Waals surface area contributed by atoms with E-state index in [2.05, 4.69) is 15.4 Å². The van der Waals surface area contributed by atoms with Crippen LogP contribution < -0.4 is 0 Å². The minimum absolute atomic E-state index is 0.00279. The van der Waals surface area contributed by atoms with E-state index in [4.69, 9.17) is 0 Å². The highest BCUT2D eigenvalue weighted by Crippen LogP contribution is 2.37. The molecule has 0 amide bonds. The van der Waals surface area contributed by atoms with Gasteiger partial charge in [0.15, 0.2) is 5.76 Å². The van der Waals surface area contributed by atoms with Crippen molar-refractivity contribution in [2.75, 3.05) is 7.05 Å². The third-order valence-corrected chi connectivity index (χ3v) is 5.97. The van der Waals surface area contributed by atoms with Gasteiger partial charge in [-0.15, -0.1) is 10.2 Å². The van der Waals surface area contributed by atoms with Gasteiger partial charge < -0.3 is 5.11 Å². The molecule has 0 saturated heterocycles. The summed E-state index contributed by atoms with van der Waals surface area (Å²) in [6.07, 6.45) is 0. The second-order valence-electron chi connectivity index (χ2n) is 5.79. The van der Waals surface area contributed by atoms with Crippen molar-refractivity contribution >= 4 is 21.5 Å². The average Bonchev–Trinajstić information content (AvgIpc) is 3.09. The number of aliphatic hydroxyl groups is 1. The monoisotopic (exact) mass is 369 g/mol. The van der Waals surface area contributed by atoms with E-state index >= 15 is 0 Å². The Morgan fingerprint density at radius 2 is 1.73 bits per heavy atom. The Bertz CT molecular complexity index is 1110. The molecule has 2 heterocycles. The van der Waals surface area contributed by atoms with Crippen LogP contribution in [-0.4, -0.2) is 45.1 Å². The number of rotatable bonds is 3. The van der Waals surface area contributed by atoms with Crippen molar-refractivity contribution in [1.82, 2.24) is 24.5 Å². The smallest absolute Gasteiger partial charge is 0.265 e. The van der Waals surface area contributed by atoms with Crippen molar-refractivity contribution < 1.29 is 13.5 Å². The molecule has 0 fully saturated rings. The molecule has 132 valence electrons. The van der Waals surface area contributed by atoms with E-state index in [1.165, 1.54) is 17.9 Å².